The Kier molecular flexibility index (Phi) is 5.82. The predicted octanol–water partition coefficient (Wildman–Crippen LogP) is 4.21. The van der Waals surface area contributed by atoms with Gasteiger partial charge in [-0.25, -0.2) is 9.37 Å². The van der Waals surface area contributed by atoms with Crippen LogP contribution in [0.25, 0.3) is 0 Å². The zero-order valence-electron chi connectivity index (χ0n) is 15.3. The third kappa shape index (κ3) is 5.05. The summed E-state index contributed by atoms with van der Waals surface area (Å²) in [5.41, 5.74) is -0.389. The van der Waals surface area contributed by atoms with Crippen molar-refractivity contribution in [3.8, 4) is 5.75 Å². The highest BCUT2D eigenvalue weighted by Crippen LogP contribution is 2.34. The second kappa shape index (κ2) is 7.68. The molecule has 6 heteroatoms. The second-order valence-electron chi connectivity index (χ2n) is 7.35. The van der Waals surface area contributed by atoms with Gasteiger partial charge in [0, 0.05) is 17.8 Å². The van der Waals surface area contributed by atoms with Crippen LogP contribution in [0.5, 0.6) is 5.75 Å². The summed E-state index contributed by atoms with van der Waals surface area (Å²) in [4.78, 5) is 16.3. The van der Waals surface area contributed by atoms with Gasteiger partial charge in [-0.3, -0.25) is 9.36 Å². The first-order chi connectivity index (χ1) is 11.7. The Hall–Kier alpha value is -2.37. The first kappa shape index (κ1) is 19.0. The van der Waals surface area contributed by atoms with Crippen molar-refractivity contribution in [3.63, 3.8) is 0 Å². The van der Waals surface area contributed by atoms with E-state index >= 15 is 0 Å². The number of carbonyl (C=O) groups is 1. The van der Waals surface area contributed by atoms with E-state index in [-0.39, 0.29) is 23.1 Å². The lowest BCUT2D eigenvalue weighted by molar-refractivity contribution is -0.171. The molecule has 0 saturated heterocycles. The van der Waals surface area contributed by atoms with Crippen LogP contribution in [0.2, 0.25) is 0 Å². The van der Waals surface area contributed by atoms with Crippen molar-refractivity contribution in [1.82, 2.24) is 9.55 Å². The molecule has 25 heavy (non-hydrogen) atoms. The second-order valence-corrected chi connectivity index (χ2v) is 7.35. The number of benzene rings is 1. The number of halogens is 1. The fraction of sp³-hybridized carbons (Fsp3) is 0.474. The molecule has 0 fully saturated rings. The minimum Gasteiger partial charge on any atom is -0.466 e. The van der Waals surface area contributed by atoms with E-state index in [1.807, 2.05) is 20.8 Å². The number of aromatic nitrogens is 2. The van der Waals surface area contributed by atoms with Crippen molar-refractivity contribution in [2.75, 3.05) is 0 Å². The lowest BCUT2D eigenvalue weighted by Crippen LogP contribution is -2.42. The molecule has 1 aromatic carbocycles. The van der Waals surface area contributed by atoms with Crippen molar-refractivity contribution in [1.29, 1.82) is 0 Å². The Morgan fingerprint density at radius 2 is 1.84 bits per heavy atom. The van der Waals surface area contributed by atoms with Crippen LogP contribution in [0.1, 0.15) is 40.8 Å². The van der Waals surface area contributed by atoms with Gasteiger partial charge in [-0.2, -0.15) is 0 Å². The van der Waals surface area contributed by atoms with E-state index in [0.29, 0.717) is 5.75 Å². The van der Waals surface area contributed by atoms with Crippen molar-refractivity contribution in [3.05, 3.63) is 48.8 Å². The van der Waals surface area contributed by atoms with Gasteiger partial charge in [0.1, 0.15) is 11.6 Å². The van der Waals surface area contributed by atoms with E-state index in [1.165, 1.54) is 12.1 Å². The lowest BCUT2D eigenvalue weighted by atomic mass is 9.87. The van der Waals surface area contributed by atoms with Gasteiger partial charge in [0.15, 0.2) is 6.10 Å². The Labute approximate surface area is 147 Å². The zero-order valence-corrected chi connectivity index (χ0v) is 15.3. The molecule has 0 aliphatic heterocycles. The largest absolute Gasteiger partial charge is 0.466 e. The highest BCUT2D eigenvalue weighted by Gasteiger charge is 2.39. The van der Waals surface area contributed by atoms with Crippen LogP contribution < -0.4 is 4.74 Å². The van der Waals surface area contributed by atoms with Crippen LogP contribution in [-0.4, -0.2) is 21.6 Å². The van der Waals surface area contributed by atoms with Gasteiger partial charge >= 0.3 is 5.97 Å². The molecule has 0 aliphatic carbocycles. The minimum atomic E-state index is -0.629. The van der Waals surface area contributed by atoms with Gasteiger partial charge < -0.3 is 9.47 Å². The summed E-state index contributed by atoms with van der Waals surface area (Å²) in [6.45, 7) is 9.50. The maximum Gasteiger partial charge on any atom is 0.308 e. The standard InChI is InChI=1S/C19H25FN2O3/c1-13(2)18(23)25-16(19(3,4)5)17(22-11-10-21-12-22)24-15-8-6-14(20)7-9-15/h6-13,16-17H,1-5H3. The number of nitrogens with zero attached hydrogens (tertiary/aromatic N) is 2. The van der Waals surface area contributed by atoms with Gasteiger partial charge in [-0.15, -0.1) is 0 Å². The molecule has 2 aromatic rings. The van der Waals surface area contributed by atoms with Crippen LogP contribution in [-0.2, 0) is 9.53 Å². The molecule has 1 aromatic heterocycles. The van der Waals surface area contributed by atoms with Crippen molar-refractivity contribution in [2.45, 2.75) is 47.0 Å². The quantitative estimate of drug-likeness (QED) is 0.734. The van der Waals surface area contributed by atoms with Crippen LogP contribution in [0.4, 0.5) is 4.39 Å². The summed E-state index contributed by atoms with van der Waals surface area (Å²) < 4.78 is 26.7. The molecule has 0 saturated carbocycles. The molecule has 0 bridgehead atoms. The average Bonchev–Trinajstić information content (AvgIpc) is 3.05. The molecule has 0 aliphatic rings. The molecule has 0 radical (unpaired) electrons. The zero-order chi connectivity index (χ0) is 18.6. The Morgan fingerprint density at radius 1 is 1.20 bits per heavy atom. The molecular weight excluding hydrogens is 323 g/mol. The number of hydrogen-bond donors (Lipinski definition) is 0. The Balaban J connectivity index is 2.36. The number of rotatable bonds is 6. The third-order valence-corrected chi connectivity index (χ3v) is 3.72. The monoisotopic (exact) mass is 348 g/mol. The van der Waals surface area contributed by atoms with Crippen molar-refractivity contribution in [2.24, 2.45) is 11.3 Å². The van der Waals surface area contributed by atoms with E-state index in [1.54, 1.807) is 49.3 Å². The SMILES string of the molecule is CC(C)C(=O)OC(C(Oc1ccc(F)cc1)n1ccnc1)C(C)(C)C. The van der Waals surface area contributed by atoms with Gasteiger partial charge in [0.2, 0.25) is 6.23 Å². The predicted molar refractivity (Wildman–Crippen MR) is 92.5 cm³/mol. The van der Waals surface area contributed by atoms with Gasteiger partial charge in [-0.05, 0) is 24.3 Å². The molecule has 2 atom stereocenters. The topological polar surface area (TPSA) is 53.4 Å². The van der Waals surface area contributed by atoms with Crippen molar-refractivity contribution < 1.29 is 18.7 Å². The Morgan fingerprint density at radius 3 is 2.32 bits per heavy atom. The smallest absolute Gasteiger partial charge is 0.308 e. The van der Waals surface area contributed by atoms with Crippen molar-refractivity contribution >= 4 is 5.97 Å². The highest BCUT2D eigenvalue weighted by atomic mass is 19.1. The summed E-state index contributed by atoms with van der Waals surface area (Å²) in [6.07, 6.45) is 3.79. The molecule has 5 nitrogen and oxygen atoms in total. The van der Waals surface area contributed by atoms with E-state index in [0.717, 1.165) is 0 Å². The number of carbonyl (C=O) groups excluding carboxylic acids is 1. The Bertz CT molecular complexity index is 676. The average molecular weight is 348 g/mol. The van der Waals surface area contributed by atoms with Gasteiger partial charge in [-0.1, -0.05) is 34.6 Å². The van der Waals surface area contributed by atoms with Crippen LogP contribution in [0.15, 0.2) is 43.0 Å². The van der Waals surface area contributed by atoms with E-state index < -0.39 is 12.3 Å². The third-order valence-electron chi connectivity index (χ3n) is 3.72. The molecule has 1 heterocycles. The molecular formula is C19H25FN2O3. The number of imidazole rings is 1. The molecule has 136 valence electrons. The molecule has 0 amide bonds. The van der Waals surface area contributed by atoms with Gasteiger partial charge in [0.25, 0.3) is 0 Å². The maximum absolute atomic E-state index is 13.2. The highest BCUT2D eigenvalue weighted by molar-refractivity contribution is 5.71. The molecule has 2 rings (SSSR count). The van der Waals surface area contributed by atoms with E-state index in [4.69, 9.17) is 9.47 Å². The summed E-state index contributed by atoms with van der Waals surface area (Å²) in [5, 5.41) is 0. The molecule has 0 N–H and O–H groups in total. The first-order valence-electron chi connectivity index (χ1n) is 8.28. The number of hydrogen-bond acceptors (Lipinski definition) is 4. The van der Waals surface area contributed by atoms with Crippen LogP contribution in [0, 0.1) is 17.2 Å². The maximum atomic E-state index is 13.2. The fourth-order valence-electron chi connectivity index (χ4n) is 2.28. The molecule has 0 spiro atoms. The number of esters is 1. The summed E-state index contributed by atoms with van der Waals surface area (Å²) >= 11 is 0. The van der Waals surface area contributed by atoms with Gasteiger partial charge in [0.05, 0.1) is 12.2 Å². The first-order valence-corrected chi connectivity index (χ1v) is 8.28. The van der Waals surface area contributed by atoms with E-state index in [9.17, 15) is 9.18 Å². The summed E-state index contributed by atoms with van der Waals surface area (Å²) in [6, 6.07) is 5.74. The lowest BCUT2D eigenvalue weighted by Gasteiger charge is -2.37. The number of ether oxygens (including phenoxy) is 2. The fourth-order valence-corrected chi connectivity index (χ4v) is 2.28. The summed E-state index contributed by atoms with van der Waals surface area (Å²) in [5.74, 6) is -0.410. The van der Waals surface area contributed by atoms with Crippen LogP contribution in [0.3, 0.4) is 0 Å². The summed E-state index contributed by atoms with van der Waals surface area (Å²) in [7, 11) is 0. The molecule has 2 unspecified atom stereocenters. The minimum absolute atomic E-state index is 0.251. The van der Waals surface area contributed by atoms with Crippen LogP contribution >= 0.6 is 0 Å². The van der Waals surface area contributed by atoms with E-state index in [2.05, 4.69) is 4.98 Å². The normalized spacial score (nSPS) is 14.2.